The first-order chi connectivity index (χ1) is 6.56. The van der Waals surface area contributed by atoms with Crippen molar-refractivity contribution in [3.05, 3.63) is 33.8 Å². The van der Waals surface area contributed by atoms with Gasteiger partial charge in [0.15, 0.2) is 5.78 Å². The Bertz CT molecular complexity index is 374. The highest BCUT2D eigenvalue weighted by molar-refractivity contribution is 6.37. The average molecular weight is 231 g/mol. The Morgan fingerprint density at radius 2 is 2.07 bits per heavy atom. The molecule has 14 heavy (non-hydrogen) atoms. The number of Topliss-reactive ketones (excluding diaryl/α,β-unsaturated/α-hetero) is 1. The highest BCUT2D eigenvalue weighted by Crippen LogP contribution is 2.22. The third-order valence-corrected chi connectivity index (χ3v) is 2.36. The van der Waals surface area contributed by atoms with E-state index in [-0.39, 0.29) is 10.8 Å². The first-order valence-electron chi connectivity index (χ1n) is 4.01. The quantitative estimate of drug-likeness (QED) is 0.455. The number of ketones is 1. The first kappa shape index (κ1) is 11.2. The fourth-order valence-corrected chi connectivity index (χ4v) is 1.50. The van der Waals surface area contributed by atoms with Gasteiger partial charge in [-0.3, -0.25) is 4.79 Å². The molecule has 0 aliphatic heterocycles. The minimum atomic E-state index is -0.673. The molecule has 0 aliphatic rings. The second-order valence-corrected chi connectivity index (χ2v) is 3.76. The van der Waals surface area contributed by atoms with Gasteiger partial charge in [0.25, 0.3) is 0 Å². The monoisotopic (exact) mass is 230 g/mol. The SMILES string of the molecule is CC(C=O)C(=O)c1ccc(Cl)cc1Cl. The Morgan fingerprint density at radius 3 is 2.57 bits per heavy atom. The highest BCUT2D eigenvalue weighted by Gasteiger charge is 2.16. The van der Waals surface area contributed by atoms with E-state index in [1.165, 1.54) is 19.1 Å². The molecule has 4 heteroatoms. The van der Waals surface area contributed by atoms with Crippen LogP contribution in [0.15, 0.2) is 18.2 Å². The van der Waals surface area contributed by atoms with Crippen molar-refractivity contribution < 1.29 is 9.59 Å². The van der Waals surface area contributed by atoms with Gasteiger partial charge in [-0.1, -0.05) is 23.2 Å². The largest absolute Gasteiger partial charge is 0.303 e. The lowest BCUT2D eigenvalue weighted by molar-refractivity contribution is -0.109. The molecule has 0 aromatic heterocycles. The Hall–Kier alpha value is -0.860. The van der Waals surface area contributed by atoms with Crippen LogP contribution in [0.3, 0.4) is 0 Å². The van der Waals surface area contributed by atoms with Crippen molar-refractivity contribution >= 4 is 35.3 Å². The maximum atomic E-state index is 11.5. The zero-order valence-electron chi connectivity index (χ0n) is 7.46. The third kappa shape index (κ3) is 2.34. The van der Waals surface area contributed by atoms with Gasteiger partial charge in [-0.05, 0) is 25.1 Å². The molecule has 1 atom stereocenters. The van der Waals surface area contributed by atoms with Crippen LogP contribution in [0.4, 0.5) is 0 Å². The number of carbonyl (C=O) groups is 2. The van der Waals surface area contributed by atoms with Crippen LogP contribution in [-0.2, 0) is 4.79 Å². The van der Waals surface area contributed by atoms with E-state index in [4.69, 9.17) is 23.2 Å². The summed E-state index contributed by atoms with van der Waals surface area (Å²) in [5, 5.41) is 0.738. The van der Waals surface area contributed by atoms with Crippen LogP contribution in [-0.4, -0.2) is 12.1 Å². The van der Waals surface area contributed by atoms with Crippen LogP contribution >= 0.6 is 23.2 Å². The van der Waals surface area contributed by atoms with E-state index in [2.05, 4.69) is 0 Å². The van der Waals surface area contributed by atoms with Crippen molar-refractivity contribution in [3.8, 4) is 0 Å². The van der Waals surface area contributed by atoms with Gasteiger partial charge in [0, 0.05) is 10.6 Å². The van der Waals surface area contributed by atoms with Gasteiger partial charge in [0.1, 0.15) is 6.29 Å². The molecular formula is C10H8Cl2O2. The molecule has 1 aromatic carbocycles. The Labute approximate surface area is 91.8 Å². The average Bonchev–Trinajstić information content (AvgIpc) is 2.15. The normalized spacial score (nSPS) is 12.2. The zero-order chi connectivity index (χ0) is 10.7. The third-order valence-electron chi connectivity index (χ3n) is 1.81. The smallest absolute Gasteiger partial charge is 0.174 e. The number of rotatable bonds is 3. The van der Waals surface area contributed by atoms with E-state index in [1.807, 2.05) is 0 Å². The van der Waals surface area contributed by atoms with Gasteiger partial charge in [-0.15, -0.1) is 0 Å². The maximum Gasteiger partial charge on any atom is 0.174 e. The fraction of sp³-hybridized carbons (Fsp3) is 0.200. The summed E-state index contributed by atoms with van der Waals surface area (Å²) in [7, 11) is 0. The molecular weight excluding hydrogens is 223 g/mol. The van der Waals surface area contributed by atoms with Crippen LogP contribution < -0.4 is 0 Å². The summed E-state index contributed by atoms with van der Waals surface area (Å²) in [6, 6.07) is 4.57. The number of carbonyl (C=O) groups excluding carboxylic acids is 2. The van der Waals surface area contributed by atoms with E-state index in [0.717, 1.165) is 0 Å². The van der Waals surface area contributed by atoms with E-state index < -0.39 is 5.92 Å². The number of halogens is 2. The number of benzene rings is 1. The number of hydrogen-bond acceptors (Lipinski definition) is 2. The van der Waals surface area contributed by atoms with Crippen molar-refractivity contribution in [2.24, 2.45) is 5.92 Å². The molecule has 1 unspecified atom stereocenters. The molecule has 0 bridgehead atoms. The second kappa shape index (κ2) is 4.58. The lowest BCUT2D eigenvalue weighted by Crippen LogP contribution is -2.12. The molecule has 0 fully saturated rings. The standard InChI is InChI=1S/C10H8Cl2O2/c1-6(5-13)10(14)8-3-2-7(11)4-9(8)12/h2-6H,1H3. The predicted octanol–water partition coefficient (Wildman–Crippen LogP) is 3.01. The van der Waals surface area contributed by atoms with Crippen LogP contribution in [0.2, 0.25) is 10.0 Å². The first-order valence-corrected chi connectivity index (χ1v) is 4.76. The van der Waals surface area contributed by atoms with E-state index in [1.54, 1.807) is 6.07 Å². The Morgan fingerprint density at radius 1 is 1.43 bits per heavy atom. The lowest BCUT2D eigenvalue weighted by atomic mass is 10.0. The van der Waals surface area contributed by atoms with E-state index in [9.17, 15) is 9.59 Å². The van der Waals surface area contributed by atoms with E-state index in [0.29, 0.717) is 16.9 Å². The number of hydrogen-bond donors (Lipinski definition) is 0. The molecule has 0 heterocycles. The van der Waals surface area contributed by atoms with Gasteiger partial charge in [-0.2, -0.15) is 0 Å². The molecule has 0 spiro atoms. The van der Waals surface area contributed by atoms with Crippen LogP contribution in [0.5, 0.6) is 0 Å². The molecule has 0 saturated carbocycles. The molecule has 1 rings (SSSR count). The van der Waals surface area contributed by atoms with Crippen LogP contribution in [0.1, 0.15) is 17.3 Å². The summed E-state index contributed by atoms with van der Waals surface area (Å²) < 4.78 is 0. The molecule has 74 valence electrons. The lowest BCUT2D eigenvalue weighted by Gasteiger charge is -2.05. The molecule has 0 saturated heterocycles. The van der Waals surface area contributed by atoms with Crippen LogP contribution in [0.25, 0.3) is 0 Å². The molecule has 1 aromatic rings. The van der Waals surface area contributed by atoms with E-state index >= 15 is 0 Å². The van der Waals surface area contributed by atoms with Crippen molar-refractivity contribution in [1.29, 1.82) is 0 Å². The summed E-state index contributed by atoms with van der Waals surface area (Å²) >= 11 is 11.5. The van der Waals surface area contributed by atoms with Crippen molar-refractivity contribution in [1.82, 2.24) is 0 Å². The number of aldehydes is 1. The topological polar surface area (TPSA) is 34.1 Å². The molecule has 0 N–H and O–H groups in total. The molecule has 0 aliphatic carbocycles. The predicted molar refractivity (Wildman–Crippen MR) is 56.0 cm³/mol. The van der Waals surface area contributed by atoms with Gasteiger partial charge >= 0.3 is 0 Å². The Kier molecular flexibility index (Phi) is 3.67. The summed E-state index contributed by atoms with van der Waals surface area (Å²) in [6.07, 6.45) is 0.591. The summed E-state index contributed by atoms with van der Waals surface area (Å²) in [4.78, 5) is 22.0. The van der Waals surface area contributed by atoms with Gasteiger partial charge in [0.2, 0.25) is 0 Å². The van der Waals surface area contributed by atoms with Crippen molar-refractivity contribution in [2.45, 2.75) is 6.92 Å². The van der Waals surface area contributed by atoms with Crippen molar-refractivity contribution in [3.63, 3.8) is 0 Å². The minimum Gasteiger partial charge on any atom is -0.303 e. The summed E-state index contributed by atoms with van der Waals surface area (Å²) in [5.74, 6) is -0.963. The van der Waals surface area contributed by atoms with Crippen molar-refractivity contribution in [2.75, 3.05) is 0 Å². The highest BCUT2D eigenvalue weighted by atomic mass is 35.5. The summed E-state index contributed by atoms with van der Waals surface area (Å²) in [5.41, 5.74) is 0.329. The fourth-order valence-electron chi connectivity index (χ4n) is 0.996. The van der Waals surface area contributed by atoms with Gasteiger partial charge < -0.3 is 4.79 Å². The molecule has 2 nitrogen and oxygen atoms in total. The maximum absolute atomic E-state index is 11.5. The van der Waals surface area contributed by atoms with Gasteiger partial charge in [0.05, 0.1) is 10.9 Å². The second-order valence-electron chi connectivity index (χ2n) is 2.91. The molecule has 0 radical (unpaired) electrons. The van der Waals surface area contributed by atoms with Crippen LogP contribution in [0, 0.1) is 5.92 Å². The summed E-state index contributed by atoms with van der Waals surface area (Å²) in [6.45, 7) is 1.53. The molecule has 0 amide bonds. The Balaban J connectivity index is 3.07. The zero-order valence-corrected chi connectivity index (χ0v) is 8.97. The minimum absolute atomic E-state index is 0.274. The van der Waals surface area contributed by atoms with Gasteiger partial charge in [-0.25, -0.2) is 0 Å².